The first-order valence-corrected chi connectivity index (χ1v) is 13.6. The molecule has 0 unspecified atom stereocenters. The number of hydrogen-bond donors (Lipinski definition) is 2. The van der Waals surface area contributed by atoms with Crippen LogP contribution < -0.4 is 15.5 Å². The van der Waals surface area contributed by atoms with Gasteiger partial charge in [-0.25, -0.2) is 0 Å². The normalized spacial score (nSPS) is 20.8. The summed E-state index contributed by atoms with van der Waals surface area (Å²) < 4.78 is 0. The van der Waals surface area contributed by atoms with Gasteiger partial charge in [0.2, 0.25) is 5.91 Å². The van der Waals surface area contributed by atoms with Crippen molar-refractivity contribution in [3.05, 3.63) is 88.9 Å². The van der Waals surface area contributed by atoms with E-state index >= 15 is 0 Å². The van der Waals surface area contributed by atoms with Crippen molar-refractivity contribution in [2.24, 2.45) is 0 Å². The Kier molecular flexibility index (Phi) is 7.75. The van der Waals surface area contributed by atoms with Crippen LogP contribution in [0, 0.1) is 0 Å². The van der Waals surface area contributed by atoms with Crippen LogP contribution in [0.2, 0.25) is 5.02 Å². The Balaban J connectivity index is 1.37. The van der Waals surface area contributed by atoms with Gasteiger partial charge in [-0.3, -0.25) is 14.5 Å². The molecule has 0 bridgehead atoms. The zero-order valence-corrected chi connectivity index (χ0v) is 23.5. The van der Waals surface area contributed by atoms with E-state index in [0.29, 0.717) is 40.6 Å². The quantitative estimate of drug-likeness (QED) is 0.415. The van der Waals surface area contributed by atoms with Gasteiger partial charge in [0.1, 0.15) is 0 Å². The molecule has 1 saturated heterocycles. The van der Waals surface area contributed by atoms with Gasteiger partial charge in [-0.05, 0) is 62.9 Å². The fourth-order valence-electron chi connectivity index (χ4n) is 5.20. The maximum absolute atomic E-state index is 13.1. The van der Waals surface area contributed by atoms with Gasteiger partial charge in [0, 0.05) is 54.2 Å². The summed E-state index contributed by atoms with van der Waals surface area (Å²) in [5.74, 6) is -0.127. The summed E-state index contributed by atoms with van der Waals surface area (Å²) in [7, 11) is 3.95. The third-order valence-corrected chi connectivity index (χ3v) is 7.94. The minimum Gasteiger partial charge on any atom is -0.354 e. The highest BCUT2D eigenvalue weighted by atomic mass is 35.5. The predicted molar refractivity (Wildman–Crippen MR) is 160 cm³/mol. The van der Waals surface area contributed by atoms with Crippen LogP contribution in [0.15, 0.2) is 72.8 Å². The summed E-state index contributed by atoms with van der Waals surface area (Å²) in [5.41, 5.74) is 5.25. The largest absolute Gasteiger partial charge is 0.354 e. The lowest BCUT2D eigenvalue weighted by Crippen LogP contribution is -2.57. The smallest absolute Gasteiger partial charge is 0.258 e. The minimum atomic E-state index is -0.187. The van der Waals surface area contributed by atoms with Crippen LogP contribution in [0.3, 0.4) is 0 Å². The van der Waals surface area contributed by atoms with Crippen molar-refractivity contribution < 1.29 is 9.59 Å². The number of hydrogen-bond acceptors (Lipinski definition) is 5. The van der Waals surface area contributed by atoms with Crippen LogP contribution in [0.4, 0.5) is 17.1 Å². The molecule has 2 amide bonds. The number of nitrogens with one attached hydrogen (secondary N) is 2. The van der Waals surface area contributed by atoms with Crippen LogP contribution in [0.5, 0.6) is 0 Å². The predicted octanol–water partition coefficient (Wildman–Crippen LogP) is 5.26. The highest BCUT2D eigenvalue weighted by Gasteiger charge is 2.30. The zero-order valence-electron chi connectivity index (χ0n) is 22.7. The summed E-state index contributed by atoms with van der Waals surface area (Å²) in [5, 5.41) is 6.96. The summed E-state index contributed by atoms with van der Waals surface area (Å²) in [6.45, 7) is 6.58. The Morgan fingerprint density at radius 2 is 1.74 bits per heavy atom. The van der Waals surface area contributed by atoms with E-state index in [1.807, 2.05) is 67.7 Å². The lowest BCUT2D eigenvalue weighted by Gasteiger charge is -2.42. The van der Waals surface area contributed by atoms with Crippen LogP contribution in [-0.2, 0) is 9.59 Å². The average Bonchev–Trinajstić information content (AvgIpc) is 3.25. The van der Waals surface area contributed by atoms with Crippen LogP contribution >= 0.6 is 11.6 Å². The third kappa shape index (κ3) is 5.71. The molecule has 2 aliphatic rings. The fraction of sp³-hybridized carbons (Fsp3) is 0.290. The molecule has 2 aliphatic heterocycles. The molecule has 0 spiro atoms. The van der Waals surface area contributed by atoms with E-state index < -0.39 is 0 Å². The SMILES string of the molecule is C[C@H]1CN(CC(=O)N(C)c2ccc(NC(=C3C(=O)Nc4cc(Cl)ccc43)c3ccccc3)cc2)[C@@H](C)CN1C. The van der Waals surface area contributed by atoms with Crippen molar-refractivity contribution in [3.63, 3.8) is 0 Å². The van der Waals surface area contributed by atoms with Gasteiger partial charge in [-0.2, -0.15) is 0 Å². The Bertz CT molecular complexity index is 1410. The number of piperazine rings is 1. The van der Waals surface area contributed by atoms with E-state index in [9.17, 15) is 9.59 Å². The van der Waals surface area contributed by atoms with Gasteiger partial charge in [0.05, 0.1) is 23.5 Å². The van der Waals surface area contributed by atoms with Gasteiger partial charge < -0.3 is 20.4 Å². The average molecular weight is 544 g/mol. The molecule has 5 rings (SSSR count). The molecule has 3 aromatic carbocycles. The Hall–Kier alpha value is -3.65. The molecule has 202 valence electrons. The van der Waals surface area contributed by atoms with Gasteiger partial charge in [-0.15, -0.1) is 0 Å². The van der Waals surface area contributed by atoms with Gasteiger partial charge >= 0.3 is 0 Å². The van der Waals surface area contributed by atoms with Crippen LogP contribution in [-0.4, -0.2) is 67.4 Å². The first kappa shape index (κ1) is 26.9. The Labute approximate surface area is 235 Å². The van der Waals surface area contributed by atoms with E-state index in [2.05, 4.69) is 41.3 Å². The summed E-state index contributed by atoms with van der Waals surface area (Å²) >= 11 is 6.17. The van der Waals surface area contributed by atoms with Gasteiger partial charge in [0.25, 0.3) is 5.91 Å². The zero-order chi connectivity index (χ0) is 27.7. The minimum absolute atomic E-state index is 0.0595. The molecule has 0 saturated carbocycles. The monoisotopic (exact) mass is 543 g/mol. The summed E-state index contributed by atoms with van der Waals surface area (Å²) in [6.07, 6.45) is 0. The number of amides is 2. The van der Waals surface area contributed by atoms with Crippen molar-refractivity contribution in [2.75, 3.05) is 49.3 Å². The standard InChI is InChI=1S/C31H34ClN5O2/c1-20-18-37(21(2)17-35(20)3)19-28(38)36(4)25-13-11-24(12-14-25)33-30(22-8-6-5-7-9-22)29-26-15-10-23(32)16-27(26)34-31(29)39/h5-16,20-21,33H,17-19H2,1-4H3,(H,34,39)/t20-,21-/m0/s1. The maximum atomic E-state index is 13.1. The topological polar surface area (TPSA) is 67.9 Å². The second kappa shape index (κ2) is 11.2. The van der Waals surface area contributed by atoms with Gasteiger partial charge in [0.15, 0.2) is 0 Å². The first-order chi connectivity index (χ1) is 18.7. The van der Waals surface area contributed by atoms with E-state index in [4.69, 9.17) is 11.6 Å². The molecule has 3 aromatic rings. The first-order valence-electron chi connectivity index (χ1n) is 13.2. The lowest BCUT2D eigenvalue weighted by molar-refractivity contribution is -0.120. The van der Waals surface area contributed by atoms with E-state index in [1.165, 1.54) is 0 Å². The van der Waals surface area contributed by atoms with E-state index in [-0.39, 0.29) is 11.8 Å². The fourth-order valence-corrected chi connectivity index (χ4v) is 5.38. The third-order valence-electron chi connectivity index (χ3n) is 7.70. The Morgan fingerprint density at radius 3 is 2.46 bits per heavy atom. The second-order valence-corrected chi connectivity index (χ2v) is 10.9. The van der Waals surface area contributed by atoms with Crippen molar-refractivity contribution in [2.45, 2.75) is 25.9 Å². The molecule has 2 N–H and O–H groups in total. The molecule has 7 nitrogen and oxygen atoms in total. The second-order valence-electron chi connectivity index (χ2n) is 10.5. The molecule has 39 heavy (non-hydrogen) atoms. The number of anilines is 3. The number of fused-ring (bicyclic) bond motifs is 1. The Morgan fingerprint density at radius 1 is 1.03 bits per heavy atom. The molecule has 1 fully saturated rings. The molecule has 0 radical (unpaired) electrons. The number of likely N-dealkylation sites (N-methyl/N-ethyl adjacent to an activating group) is 2. The van der Waals surface area contributed by atoms with Gasteiger partial charge in [-0.1, -0.05) is 48.0 Å². The van der Waals surface area contributed by atoms with E-state index in [0.717, 1.165) is 35.6 Å². The number of benzene rings is 3. The number of rotatable bonds is 6. The van der Waals surface area contributed by atoms with Crippen molar-refractivity contribution in [1.82, 2.24) is 9.80 Å². The van der Waals surface area contributed by atoms with Crippen molar-refractivity contribution in [1.29, 1.82) is 0 Å². The van der Waals surface area contributed by atoms with E-state index in [1.54, 1.807) is 17.0 Å². The summed E-state index contributed by atoms with van der Waals surface area (Å²) in [4.78, 5) is 32.5. The highest BCUT2D eigenvalue weighted by molar-refractivity contribution is 6.38. The molecule has 0 aromatic heterocycles. The number of nitrogens with zero attached hydrogens (tertiary/aromatic N) is 3. The molecule has 2 heterocycles. The maximum Gasteiger partial charge on any atom is 0.258 e. The van der Waals surface area contributed by atoms with Crippen LogP contribution in [0.25, 0.3) is 11.3 Å². The summed E-state index contributed by atoms with van der Waals surface area (Å²) in [6, 6.07) is 23.6. The highest BCUT2D eigenvalue weighted by Crippen LogP contribution is 2.38. The number of halogens is 1. The van der Waals surface area contributed by atoms with Crippen molar-refractivity contribution >= 4 is 51.7 Å². The van der Waals surface area contributed by atoms with Crippen molar-refractivity contribution in [3.8, 4) is 0 Å². The molecule has 0 aliphatic carbocycles. The number of carbonyl (C=O) groups is 2. The van der Waals surface area contributed by atoms with Crippen LogP contribution in [0.1, 0.15) is 25.0 Å². The lowest BCUT2D eigenvalue weighted by atomic mass is 10.00. The molecule has 2 atom stereocenters. The number of carbonyl (C=O) groups excluding carboxylic acids is 2. The molecule has 8 heteroatoms. The molecular formula is C31H34ClN5O2. The molecular weight excluding hydrogens is 510 g/mol.